The van der Waals surface area contributed by atoms with E-state index >= 15 is 0 Å². The van der Waals surface area contributed by atoms with E-state index in [0.29, 0.717) is 29.5 Å². The fourth-order valence-electron chi connectivity index (χ4n) is 4.64. The topological polar surface area (TPSA) is 43.1 Å². The van der Waals surface area contributed by atoms with Crippen LogP contribution in [0, 0.1) is 23.7 Å². The molecule has 0 saturated heterocycles. The predicted octanol–water partition coefficient (Wildman–Crippen LogP) is 5.57. The molecule has 2 rings (SSSR count). The standard InChI is InChI=1S/C23H37NO/c1-17(2)21-13-11-18(3)16-22(21)23(25)14-12-20(10-7-15-24)19-8-5-4-6-9-19/h4-6,8-9,17-18,20-22H,7,10-16,24H2,1-3H3/t18-,20?,21?,22-/m1/s1. The molecule has 0 bridgehead atoms. The lowest BCUT2D eigenvalue weighted by Gasteiger charge is -2.36. The monoisotopic (exact) mass is 343 g/mol. The number of nitrogens with two attached hydrogens (primary N) is 1. The summed E-state index contributed by atoms with van der Waals surface area (Å²) >= 11 is 0. The average Bonchev–Trinajstić information content (AvgIpc) is 2.62. The van der Waals surface area contributed by atoms with E-state index < -0.39 is 0 Å². The first-order valence-electron chi connectivity index (χ1n) is 10.3. The lowest BCUT2D eigenvalue weighted by molar-refractivity contribution is -0.127. The highest BCUT2D eigenvalue weighted by Gasteiger charge is 2.35. The van der Waals surface area contributed by atoms with E-state index in [1.54, 1.807) is 0 Å². The van der Waals surface area contributed by atoms with Crippen molar-refractivity contribution in [1.29, 1.82) is 0 Å². The van der Waals surface area contributed by atoms with Gasteiger partial charge in [-0.1, -0.05) is 57.5 Å². The van der Waals surface area contributed by atoms with Crippen molar-refractivity contribution in [3.05, 3.63) is 35.9 Å². The van der Waals surface area contributed by atoms with Crippen molar-refractivity contribution < 1.29 is 4.79 Å². The first-order chi connectivity index (χ1) is 12.0. The molecule has 0 heterocycles. The van der Waals surface area contributed by atoms with E-state index in [1.165, 1.54) is 18.4 Å². The number of rotatable bonds is 9. The second-order valence-corrected chi connectivity index (χ2v) is 8.48. The molecule has 2 unspecified atom stereocenters. The molecule has 140 valence electrons. The molecule has 1 aliphatic rings. The van der Waals surface area contributed by atoms with Gasteiger partial charge in [0.2, 0.25) is 0 Å². The molecule has 0 spiro atoms. The van der Waals surface area contributed by atoms with Gasteiger partial charge in [0.25, 0.3) is 0 Å². The Morgan fingerprint density at radius 2 is 1.88 bits per heavy atom. The Morgan fingerprint density at radius 1 is 1.16 bits per heavy atom. The molecule has 1 aromatic rings. The highest BCUT2D eigenvalue weighted by atomic mass is 16.1. The maximum atomic E-state index is 13.0. The number of hydrogen-bond donors (Lipinski definition) is 1. The second kappa shape index (κ2) is 10.1. The normalized spacial score (nSPS) is 25.1. The van der Waals surface area contributed by atoms with E-state index in [4.69, 9.17) is 5.73 Å². The first kappa shape index (κ1) is 20.2. The van der Waals surface area contributed by atoms with Crippen LogP contribution in [0.5, 0.6) is 0 Å². The zero-order chi connectivity index (χ0) is 18.2. The molecule has 2 N–H and O–H groups in total. The van der Waals surface area contributed by atoms with Gasteiger partial charge in [-0.3, -0.25) is 4.79 Å². The maximum absolute atomic E-state index is 13.0. The summed E-state index contributed by atoms with van der Waals surface area (Å²) < 4.78 is 0. The fraction of sp³-hybridized carbons (Fsp3) is 0.696. The van der Waals surface area contributed by atoms with Crippen molar-refractivity contribution in [3.8, 4) is 0 Å². The van der Waals surface area contributed by atoms with Crippen molar-refractivity contribution in [2.75, 3.05) is 6.54 Å². The third kappa shape index (κ3) is 5.95. The SMILES string of the molecule is CC(C)C1CC[C@@H](C)C[C@H]1C(=O)CCC(CCCN)c1ccccc1. The Hall–Kier alpha value is -1.15. The van der Waals surface area contributed by atoms with Gasteiger partial charge in [-0.2, -0.15) is 0 Å². The zero-order valence-corrected chi connectivity index (χ0v) is 16.4. The highest BCUT2D eigenvalue weighted by Crippen LogP contribution is 2.39. The molecule has 1 aliphatic carbocycles. The number of benzene rings is 1. The minimum Gasteiger partial charge on any atom is -0.330 e. The Kier molecular flexibility index (Phi) is 8.15. The van der Waals surface area contributed by atoms with Crippen LogP contribution in [-0.2, 0) is 4.79 Å². The number of ketones is 1. The summed E-state index contributed by atoms with van der Waals surface area (Å²) in [5.41, 5.74) is 7.09. The molecular formula is C23H37NO. The van der Waals surface area contributed by atoms with Gasteiger partial charge in [0.1, 0.15) is 5.78 Å². The van der Waals surface area contributed by atoms with E-state index in [0.717, 1.165) is 38.6 Å². The van der Waals surface area contributed by atoms with E-state index in [2.05, 4.69) is 51.1 Å². The van der Waals surface area contributed by atoms with Crippen LogP contribution in [0.25, 0.3) is 0 Å². The number of carbonyl (C=O) groups excluding carboxylic acids is 1. The molecule has 4 atom stereocenters. The lowest BCUT2D eigenvalue weighted by Crippen LogP contribution is -2.33. The van der Waals surface area contributed by atoms with Crippen LogP contribution in [0.3, 0.4) is 0 Å². The van der Waals surface area contributed by atoms with E-state index in [9.17, 15) is 4.79 Å². The summed E-state index contributed by atoms with van der Waals surface area (Å²) in [5, 5.41) is 0. The summed E-state index contributed by atoms with van der Waals surface area (Å²) in [7, 11) is 0. The average molecular weight is 344 g/mol. The first-order valence-corrected chi connectivity index (χ1v) is 10.3. The van der Waals surface area contributed by atoms with Gasteiger partial charge < -0.3 is 5.73 Å². The molecule has 0 aliphatic heterocycles. The Balaban J connectivity index is 1.99. The van der Waals surface area contributed by atoms with Crippen molar-refractivity contribution in [2.24, 2.45) is 29.4 Å². The van der Waals surface area contributed by atoms with Crippen molar-refractivity contribution in [2.45, 2.75) is 71.6 Å². The molecular weight excluding hydrogens is 306 g/mol. The summed E-state index contributed by atoms with van der Waals surface area (Å²) in [5.74, 6) is 3.17. The van der Waals surface area contributed by atoms with Crippen LogP contribution in [0.1, 0.15) is 77.2 Å². The third-order valence-corrected chi connectivity index (χ3v) is 6.20. The number of hydrogen-bond acceptors (Lipinski definition) is 2. The van der Waals surface area contributed by atoms with Crippen molar-refractivity contribution >= 4 is 5.78 Å². The molecule has 1 fully saturated rings. The Morgan fingerprint density at radius 3 is 2.52 bits per heavy atom. The molecule has 2 heteroatoms. The van der Waals surface area contributed by atoms with Crippen molar-refractivity contribution in [3.63, 3.8) is 0 Å². The van der Waals surface area contributed by atoms with Gasteiger partial charge in [-0.05, 0) is 67.9 Å². The molecule has 2 nitrogen and oxygen atoms in total. The van der Waals surface area contributed by atoms with Crippen LogP contribution in [0.15, 0.2) is 30.3 Å². The van der Waals surface area contributed by atoms with Crippen LogP contribution < -0.4 is 5.73 Å². The maximum Gasteiger partial charge on any atom is 0.136 e. The molecule has 1 saturated carbocycles. The summed E-state index contributed by atoms with van der Waals surface area (Å²) in [6.45, 7) is 7.61. The summed E-state index contributed by atoms with van der Waals surface area (Å²) in [4.78, 5) is 13.0. The van der Waals surface area contributed by atoms with Gasteiger partial charge >= 0.3 is 0 Å². The van der Waals surface area contributed by atoms with Crippen molar-refractivity contribution in [1.82, 2.24) is 0 Å². The predicted molar refractivity (Wildman–Crippen MR) is 107 cm³/mol. The number of carbonyl (C=O) groups is 1. The minimum absolute atomic E-state index is 0.287. The van der Waals surface area contributed by atoms with Gasteiger partial charge in [0, 0.05) is 12.3 Å². The van der Waals surface area contributed by atoms with Crippen LogP contribution in [0.4, 0.5) is 0 Å². The molecule has 25 heavy (non-hydrogen) atoms. The molecule has 1 aromatic carbocycles. The van der Waals surface area contributed by atoms with Crippen LogP contribution >= 0.6 is 0 Å². The molecule has 0 amide bonds. The quantitative estimate of drug-likeness (QED) is 0.637. The van der Waals surface area contributed by atoms with Gasteiger partial charge in [-0.15, -0.1) is 0 Å². The van der Waals surface area contributed by atoms with E-state index in [1.807, 2.05) is 0 Å². The summed E-state index contributed by atoms with van der Waals surface area (Å²) in [6, 6.07) is 10.7. The summed E-state index contributed by atoms with van der Waals surface area (Å²) in [6.07, 6.45) is 7.43. The van der Waals surface area contributed by atoms with Crippen LogP contribution in [-0.4, -0.2) is 12.3 Å². The highest BCUT2D eigenvalue weighted by molar-refractivity contribution is 5.81. The Bertz CT molecular complexity index is 510. The minimum atomic E-state index is 0.287. The van der Waals surface area contributed by atoms with E-state index in [-0.39, 0.29) is 5.92 Å². The lowest BCUT2D eigenvalue weighted by atomic mass is 9.68. The fourth-order valence-corrected chi connectivity index (χ4v) is 4.64. The molecule has 0 aromatic heterocycles. The Labute approximate surface area is 154 Å². The number of Topliss-reactive ketones (excluding diaryl/α,β-unsaturated/α-hetero) is 1. The van der Waals surface area contributed by atoms with Gasteiger partial charge in [-0.25, -0.2) is 0 Å². The molecule has 0 radical (unpaired) electrons. The van der Waals surface area contributed by atoms with Gasteiger partial charge in [0.05, 0.1) is 0 Å². The smallest absolute Gasteiger partial charge is 0.136 e. The van der Waals surface area contributed by atoms with Gasteiger partial charge in [0.15, 0.2) is 0 Å². The second-order valence-electron chi connectivity index (χ2n) is 8.48. The zero-order valence-electron chi connectivity index (χ0n) is 16.4. The van der Waals surface area contributed by atoms with Crippen LogP contribution in [0.2, 0.25) is 0 Å². The third-order valence-electron chi connectivity index (χ3n) is 6.20. The largest absolute Gasteiger partial charge is 0.330 e.